The van der Waals surface area contributed by atoms with E-state index in [0.29, 0.717) is 11.8 Å². The number of nitrogens with one attached hydrogen (secondary N) is 1. The maximum Gasteiger partial charge on any atom is 0.0780 e. The van der Waals surface area contributed by atoms with E-state index in [2.05, 4.69) is 32.7 Å². The van der Waals surface area contributed by atoms with Gasteiger partial charge in [-0.2, -0.15) is 0 Å². The van der Waals surface area contributed by atoms with Gasteiger partial charge in [0.1, 0.15) is 0 Å². The summed E-state index contributed by atoms with van der Waals surface area (Å²) >= 11 is 0. The Balaban J connectivity index is 2.47. The third kappa shape index (κ3) is 5.23. The second kappa shape index (κ2) is 8.01. The number of rotatable bonds is 8. The fourth-order valence-electron chi connectivity index (χ4n) is 3.34. The summed E-state index contributed by atoms with van der Waals surface area (Å²) in [5.74, 6) is 1.02. The Labute approximate surface area is 119 Å². The van der Waals surface area contributed by atoms with E-state index in [1.807, 2.05) is 0 Å². The molecular formula is C16H32N2O. The van der Waals surface area contributed by atoms with E-state index in [4.69, 9.17) is 10.1 Å². The molecule has 1 saturated heterocycles. The van der Waals surface area contributed by atoms with Gasteiger partial charge in [0.2, 0.25) is 0 Å². The van der Waals surface area contributed by atoms with Gasteiger partial charge in [0.05, 0.1) is 5.60 Å². The predicted molar refractivity (Wildman–Crippen MR) is 82.1 cm³/mol. The number of hydrogen-bond donors (Lipinski definition) is 1. The highest BCUT2D eigenvalue weighted by Gasteiger charge is 2.30. The molecule has 0 spiro atoms. The summed E-state index contributed by atoms with van der Waals surface area (Å²) in [5.41, 5.74) is 0.0213. The highest BCUT2D eigenvalue weighted by molar-refractivity contribution is 5.57. The van der Waals surface area contributed by atoms with Gasteiger partial charge in [0.25, 0.3) is 0 Å². The summed E-state index contributed by atoms with van der Waals surface area (Å²) in [4.78, 5) is 2.36. The average Bonchev–Trinajstić information content (AvgIpc) is 2.39. The Morgan fingerprint density at radius 1 is 1.32 bits per heavy atom. The molecule has 0 aromatic rings. The fourth-order valence-corrected chi connectivity index (χ4v) is 3.34. The van der Waals surface area contributed by atoms with E-state index >= 15 is 0 Å². The average molecular weight is 268 g/mol. The van der Waals surface area contributed by atoms with E-state index in [1.54, 1.807) is 6.21 Å². The van der Waals surface area contributed by atoms with Crippen molar-refractivity contribution in [1.82, 2.24) is 4.90 Å². The summed E-state index contributed by atoms with van der Waals surface area (Å²) in [6, 6.07) is 0. The number of ether oxygens (including phenoxy) is 1. The first kappa shape index (κ1) is 16.6. The molecule has 0 aromatic carbocycles. The first-order valence-electron chi connectivity index (χ1n) is 7.87. The van der Waals surface area contributed by atoms with Crippen LogP contribution in [0.25, 0.3) is 0 Å². The maximum atomic E-state index is 7.68. The molecule has 1 unspecified atom stereocenters. The monoisotopic (exact) mass is 268 g/mol. The van der Waals surface area contributed by atoms with Crippen LogP contribution in [0.5, 0.6) is 0 Å². The van der Waals surface area contributed by atoms with Crippen LogP contribution in [-0.4, -0.2) is 43.5 Å². The smallest absolute Gasteiger partial charge is 0.0780 e. The summed E-state index contributed by atoms with van der Waals surface area (Å²) in [5, 5.41) is 7.68. The fraction of sp³-hybridized carbons (Fsp3) is 0.938. The van der Waals surface area contributed by atoms with Crippen molar-refractivity contribution in [2.75, 3.05) is 26.7 Å². The van der Waals surface area contributed by atoms with Gasteiger partial charge in [-0.3, -0.25) is 0 Å². The molecule has 0 amide bonds. The van der Waals surface area contributed by atoms with Crippen LogP contribution in [0, 0.1) is 17.2 Å². The van der Waals surface area contributed by atoms with E-state index < -0.39 is 0 Å². The van der Waals surface area contributed by atoms with Crippen LogP contribution < -0.4 is 0 Å². The largest absolute Gasteiger partial charge is 0.374 e. The molecule has 1 heterocycles. The van der Waals surface area contributed by atoms with Crippen molar-refractivity contribution in [3.8, 4) is 0 Å². The Kier molecular flexibility index (Phi) is 7.01. The molecule has 3 nitrogen and oxygen atoms in total. The topological polar surface area (TPSA) is 36.3 Å². The molecule has 1 rings (SSSR count). The van der Waals surface area contributed by atoms with Crippen molar-refractivity contribution in [2.24, 2.45) is 11.8 Å². The molecule has 19 heavy (non-hydrogen) atoms. The number of likely N-dealkylation sites (N-methyl/N-ethyl adjacent to an activating group) is 1. The lowest BCUT2D eigenvalue weighted by Gasteiger charge is -2.38. The lowest BCUT2D eigenvalue weighted by molar-refractivity contribution is -0.0807. The number of nitrogens with zero attached hydrogens (tertiary/aromatic N) is 1. The van der Waals surface area contributed by atoms with Gasteiger partial charge in [0.15, 0.2) is 0 Å². The number of hydrogen-bond acceptors (Lipinski definition) is 3. The lowest BCUT2D eigenvalue weighted by atomic mass is 9.87. The molecule has 0 aliphatic carbocycles. The van der Waals surface area contributed by atoms with Crippen molar-refractivity contribution in [3.05, 3.63) is 0 Å². The molecule has 0 bridgehead atoms. The van der Waals surface area contributed by atoms with Crippen LogP contribution in [0.15, 0.2) is 0 Å². The van der Waals surface area contributed by atoms with Gasteiger partial charge in [-0.15, -0.1) is 0 Å². The predicted octanol–water partition coefficient (Wildman–Crippen LogP) is 3.58. The normalized spacial score (nSPS) is 25.8. The third-order valence-corrected chi connectivity index (χ3v) is 4.55. The minimum Gasteiger partial charge on any atom is -0.374 e. The zero-order valence-corrected chi connectivity index (χ0v) is 13.2. The summed E-state index contributed by atoms with van der Waals surface area (Å²) in [7, 11) is 2.17. The molecule has 0 radical (unpaired) electrons. The highest BCUT2D eigenvalue weighted by Crippen LogP contribution is 2.26. The molecule has 1 aliphatic rings. The standard InChI is InChI=1S/C16H32N2O/c1-5-14(6-2)15(11-17)12-18(4)13-16(3)9-7-8-10-19-16/h11,14-15,17H,5-10,12-13H2,1-4H3/t15?,16-/m0/s1. The Morgan fingerprint density at radius 3 is 2.47 bits per heavy atom. The molecule has 1 aliphatic heterocycles. The maximum absolute atomic E-state index is 7.68. The minimum atomic E-state index is 0.0213. The van der Waals surface area contributed by atoms with Gasteiger partial charge in [-0.1, -0.05) is 26.7 Å². The summed E-state index contributed by atoms with van der Waals surface area (Å²) in [6.45, 7) is 9.57. The quantitative estimate of drug-likeness (QED) is 0.683. The first-order valence-corrected chi connectivity index (χ1v) is 7.87. The Bertz CT molecular complexity index is 257. The van der Waals surface area contributed by atoms with Crippen LogP contribution in [0.1, 0.15) is 52.9 Å². The van der Waals surface area contributed by atoms with Crippen molar-refractivity contribution in [2.45, 2.75) is 58.5 Å². The zero-order valence-electron chi connectivity index (χ0n) is 13.2. The van der Waals surface area contributed by atoms with Crippen LogP contribution in [-0.2, 0) is 4.74 Å². The third-order valence-electron chi connectivity index (χ3n) is 4.55. The van der Waals surface area contributed by atoms with Gasteiger partial charge >= 0.3 is 0 Å². The molecule has 3 heteroatoms. The van der Waals surface area contributed by atoms with Crippen molar-refractivity contribution in [1.29, 1.82) is 5.41 Å². The van der Waals surface area contributed by atoms with Crippen molar-refractivity contribution in [3.63, 3.8) is 0 Å². The molecule has 2 atom stereocenters. The second-order valence-corrected chi connectivity index (χ2v) is 6.36. The molecule has 0 saturated carbocycles. The first-order chi connectivity index (χ1) is 9.04. The van der Waals surface area contributed by atoms with Crippen molar-refractivity contribution >= 4 is 6.21 Å². The highest BCUT2D eigenvalue weighted by atomic mass is 16.5. The molecule has 112 valence electrons. The van der Waals surface area contributed by atoms with E-state index in [-0.39, 0.29) is 5.60 Å². The van der Waals surface area contributed by atoms with E-state index in [0.717, 1.165) is 39.0 Å². The SMILES string of the molecule is CCC(CC)C(C=N)CN(C)C[C@]1(C)CCCCO1. The van der Waals surface area contributed by atoms with Crippen LogP contribution in [0.3, 0.4) is 0 Å². The van der Waals surface area contributed by atoms with Crippen LogP contribution in [0.4, 0.5) is 0 Å². The summed E-state index contributed by atoms with van der Waals surface area (Å²) < 4.78 is 5.97. The molecule has 1 N–H and O–H groups in total. The van der Waals surface area contributed by atoms with Crippen LogP contribution >= 0.6 is 0 Å². The van der Waals surface area contributed by atoms with E-state index in [9.17, 15) is 0 Å². The van der Waals surface area contributed by atoms with Crippen LogP contribution in [0.2, 0.25) is 0 Å². The molecule has 1 fully saturated rings. The van der Waals surface area contributed by atoms with Gasteiger partial charge in [-0.25, -0.2) is 0 Å². The van der Waals surface area contributed by atoms with Crippen molar-refractivity contribution < 1.29 is 4.74 Å². The molecular weight excluding hydrogens is 236 g/mol. The van der Waals surface area contributed by atoms with Gasteiger partial charge in [0, 0.05) is 25.6 Å². The Hall–Kier alpha value is -0.410. The van der Waals surface area contributed by atoms with E-state index in [1.165, 1.54) is 12.8 Å². The minimum absolute atomic E-state index is 0.0213. The second-order valence-electron chi connectivity index (χ2n) is 6.36. The van der Waals surface area contributed by atoms with Gasteiger partial charge in [-0.05, 0) is 45.4 Å². The lowest BCUT2D eigenvalue weighted by Crippen LogP contribution is -2.45. The zero-order chi connectivity index (χ0) is 14.3. The molecule has 0 aromatic heterocycles. The van der Waals surface area contributed by atoms with Gasteiger partial charge < -0.3 is 15.0 Å². The Morgan fingerprint density at radius 2 is 2.00 bits per heavy atom. The summed E-state index contributed by atoms with van der Waals surface area (Å²) in [6.07, 6.45) is 7.63.